The van der Waals surface area contributed by atoms with E-state index in [0.717, 1.165) is 30.6 Å². The van der Waals surface area contributed by atoms with Crippen LogP contribution in [0.15, 0.2) is 36.4 Å². The van der Waals surface area contributed by atoms with Gasteiger partial charge < -0.3 is 20.1 Å². The molecular weight excluding hydrogens is 359 g/mol. The minimum Gasteiger partial charge on any atom is -0.493 e. The van der Waals surface area contributed by atoms with Crippen LogP contribution in [0.2, 0.25) is 10.0 Å². The molecule has 0 aliphatic heterocycles. The number of hydrogen-bond donors (Lipinski definition) is 2. The maximum absolute atomic E-state index is 6.23. The number of para-hydroxylation sites is 1. The molecule has 136 valence electrons. The van der Waals surface area contributed by atoms with Crippen LogP contribution in [0.5, 0.6) is 11.5 Å². The number of hydrogen-bond acceptors (Lipinski definition) is 4. The fourth-order valence-electron chi connectivity index (χ4n) is 2.45. The monoisotopic (exact) mass is 382 g/mol. The van der Waals surface area contributed by atoms with Crippen LogP contribution in [0.1, 0.15) is 17.5 Å². The third-order valence-corrected chi connectivity index (χ3v) is 4.51. The van der Waals surface area contributed by atoms with Crippen molar-refractivity contribution in [3.63, 3.8) is 0 Å². The summed E-state index contributed by atoms with van der Waals surface area (Å²) in [4.78, 5) is 0. The first-order valence-electron chi connectivity index (χ1n) is 8.24. The molecule has 6 heteroatoms. The highest BCUT2D eigenvalue weighted by Gasteiger charge is 2.13. The highest BCUT2D eigenvalue weighted by molar-refractivity contribution is 6.35. The molecule has 0 aliphatic rings. The summed E-state index contributed by atoms with van der Waals surface area (Å²) in [6.07, 6.45) is 1.06. The second-order valence-electron chi connectivity index (χ2n) is 5.57. The topological polar surface area (TPSA) is 42.5 Å². The molecule has 0 saturated heterocycles. The van der Waals surface area contributed by atoms with Gasteiger partial charge in [0, 0.05) is 27.7 Å². The lowest BCUT2D eigenvalue weighted by Crippen LogP contribution is -2.19. The molecule has 0 spiro atoms. The predicted octanol–water partition coefficient (Wildman–Crippen LogP) is 4.28. The normalized spacial score (nSPS) is 10.7. The lowest BCUT2D eigenvalue weighted by atomic mass is 10.1. The van der Waals surface area contributed by atoms with Gasteiger partial charge in [-0.15, -0.1) is 0 Å². The van der Waals surface area contributed by atoms with E-state index in [1.807, 2.05) is 31.3 Å². The molecule has 0 amide bonds. The van der Waals surface area contributed by atoms with E-state index in [9.17, 15) is 0 Å². The van der Waals surface area contributed by atoms with Crippen molar-refractivity contribution in [2.24, 2.45) is 0 Å². The molecule has 0 fully saturated rings. The second-order valence-corrected chi connectivity index (χ2v) is 6.39. The Morgan fingerprint density at radius 3 is 2.40 bits per heavy atom. The maximum Gasteiger partial charge on any atom is 0.166 e. The maximum atomic E-state index is 6.23. The van der Waals surface area contributed by atoms with E-state index in [0.29, 0.717) is 28.1 Å². The van der Waals surface area contributed by atoms with Crippen LogP contribution in [0.25, 0.3) is 0 Å². The van der Waals surface area contributed by atoms with Gasteiger partial charge in [-0.1, -0.05) is 41.4 Å². The summed E-state index contributed by atoms with van der Waals surface area (Å²) in [6, 6.07) is 11.3. The van der Waals surface area contributed by atoms with E-state index in [2.05, 4.69) is 10.6 Å². The molecule has 2 aromatic carbocycles. The van der Waals surface area contributed by atoms with Crippen LogP contribution in [-0.2, 0) is 13.2 Å². The van der Waals surface area contributed by atoms with Gasteiger partial charge >= 0.3 is 0 Å². The minimum atomic E-state index is 0.283. The predicted molar refractivity (Wildman–Crippen MR) is 104 cm³/mol. The SMILES string of the molecule is CNCCCNCc1cccc(OC)c1OCc1c(Cl)cccc1Cl. The van der Waals surface area contributed by atoms with Crippen LogP contribution in [0.4, 0.5) is 0 Å². The fraction of sp³-hybridized carbons (Fsp3) is 0.368. The number of methoxy groups -OCH3 is 1. The Kier molecular flexibility index (Phi) is 8.35. The molecule has 2 rings (SSSR count). The van der Waals surface area contributed by atoms with Gasteiger partial charge in [-0.2, -0.15) is 0 Å². The average molecular weight is 383 g/mol. The molecule has 0 atom stereocenters. The third-order valence-electron chi connectivity index (χ3n) is 3.80. The third kappa shape index (κ3) is 5.79. The number of nitrogens with one attached hydrogen (secondary N) is 2. The molecule has 2 N–H and O–H groups in total. The molecule has 0 bridgehead atoms. The van der Waals surface area contributed by atoms with E-state index < -0.39 is 0 Å². The Labute approximate surface area is 159 Å². The van der Waals surface area contributed by atoms with Crippen molar-refractivity contribution < 1.29 is 9.47 Å². The van der Waals surface area contributed by atoms with Crippen molar-refractivity contribution in [2.75, 3.05) is 27.2 Å². The zero-order valence-corrected chi connectivity index (χ0v) is 16.1. The van der Waals surface area contributed by atoms with Gasteiger partial charge in [-0.05, 0) is 44.8 Å². The molecule has 0 aliphatic carbocycles. The van der Waals surface area contributed by atoms with E-state index in [4.69, 9.17) is 32.7 Å². The minimum absolute atomic E-state index is 0.283. The summed E-state index contributed by atoms with van der Waals surface area (Å²) in [5, 5.41) is 7.74. The smallest absolute Gasteiger partial charge is 0.166 e. The van der Waals surface area contributed by atoms with Gasteiger partial charge in [0.15, 0.2) is 11.5 Å². The molecule has 0 saturated carbocycles. The van der Waals surface area contributed by atoms with Crippen LogP contribution in [0, 0.1) is 0 Å². The summed E-state index contributed by atoms with van der Waals surface area (Å²) < 4.78 is 11.5. The number of benzene rings is 2. The Hall–Kier alpha value is -1.46. The molecular formula is C19H24Cl2N2O2. The van der Waals surface area contributed by atoms with Gasteiger partial charge in [0.05, 0.1) is 7.11 Å². The largest absolute Gasteiger partial charge is 0.493 e. The van der Waals surface area contributed by atoms with Gasteiger partial charge in [0.1, 0.15) is 6.61 Å². The molecule has 4 nitrogen and oxygen atoms in total. The van der Waals surface area contributed by atoms with E-state index in [1.165, 1.54) is 0 Å². The van der Waals surface area contributed by atoms with Gasteiger partial charge in [0.2, 0.25) is 0 Å². The number of halogens is 2. The number of rotatable bonds is 10. The average Bonchev–Trinajstić information content (AvgIpc) is 2.61. The van der Waals surface area contributed by atoms with Crippen molar-refractivity contribution in [2.45, 2.75) is 19.6 Å². The highest BCUT2D eigenvalue weighted by Crippen LogP contribution is 2.33. The standard InChI is InChI=1S/C19H24Cl2N2O2/c1-22-10-5-11-23-12-14-6-3-9-18(24-2)19(14)25-13-15-16(20)7-4-8-17(15)21/h3-4,6-9,22-23H,5,10-13H2,1-2H3. The van der Waals surface area contributed by atoms with Crippen LogP contribution < -0.4 is 20.1 Å². The van der Waals surface area contributed by atoms with Crippen molar-refractivity contribution >= 4 is 23.2 Å². The lowest BCUT2D eigenvalue weighted by Gasteiger charge is -2.16. The van der Waals surface area contributed by atoms with Gasteiger partial charge in [-0.3, -0.25) is 0 Å². The van der Waals surface area contributed by atoms with Crippen molar-refractivity contribution in [3.8, 4) is 11.5 Å². The summed E-state index contributed by atoms with van der Waals surface area (Å²) in [5.41, 5.74) is 1.80. The first-order chi connectivity index (χ1) is 12.2. The lowest BCUT2D eigenvalue weighted by molar-refractivity contribution is 0.281. The Morgan fingerprint density at radius 2 is 1.72 bits per heavy atom. The summed E-state index contributed by atoms with van der Waals surface area (Å²) in [5.74, 6) is 1.40. The van der Waals surface area contributed by atoms with E-state index in [-0.39, 0.29) is 6.61 Å². The van der Waals surface area contributed by atoms with Gasteiger partial charge in [-0.25, -0.2) is 0 Å². The molecule has 2 aromatic rings. The highest BCUT2D eigenvalue weighted by atomic mass is 35.5. The first kappa shape index (κ1) is 19.9. The molecule has 0 radical (unpaired) electrons. The van der Waals surface area contributed by atoms with Crippen LogP contribution in [0.3, 0.4) is 0 Å². The summed E-state index contributed by atoms with van der Waals surface area (Å²) >= 11 is 12.5. The van der Waals surface area contributed by atoms with Crippen molar-refractivity contribution in [3.05, 3.63) is 57.6 Å². The van der Waals surface area contributed by atoms with Crippen LogP contribution >= 0.6 is 23.2 Å². The van der Waals surface area contributed by atoms with Crippen LogP contribution in [-0.4, -0.2) is 27.2 Å². The van der Waals surface area contributed by atoms with E-state index >= 15 is 0 Å². The van der Waals surface area contributed by atoms with Gasteiger partial charge in [0.25, 0.3) is 0 Å². The zero-order chi connectivity index (χ0) is 18.1. The zero-order valence-electron chi connectivity index (χ0n) is 14.6. The molecule has 0 unspecified atom stereocenters. The van der Waals surface area contributed by atoms with Crippen molar-refractivity contribution in [1.82, 2.24) is 10.6 Å². The first-order valence-corrected chi connectivity index (χ1v) is 8.99. The molecule has 0 heterocycles. The summed E-state index contributed by atoms with van der Waals surface area (Å²) in [7, 11) is 3.59. The molecule has 25 heavy (non-hydrogen) atoms. The molecule has 0 aromatic heterocycles. The fourth-order valence-corrected chi connectivity index (χ4v) is 2.96. The quantitative estimate of drug-likeness (QED) is 0.601. The van der Waals surface area contributed by atoms with Crippen molar-refractivity contribution in [1.29, 1.82) is 0 Å². The number of ether oxygens (including phenoxy) is 2. The summed E-state index contributed by atoms with van der Waals surface area (Å²) in [6.45, 7) is 2.89. The Bertz CT molecular complexity index is 660. The Balaban J connectivity index is 2.09. The second kappa shape index (κ2) is 10.5. The Morgan fingerprint density at radius 1 is 1.00 bits per heavy atom. The van der Waals surface area contributed by atoms with E-state index in [1.54, 1.807) is 19.2 Å².